The van der Waals surface area contributed by atoms with Crippen LogP contribution < -0.4 is 10.5 Å². The van der Waals surface area contributed by atoms with Crippen molar-refractivity contribution in [2.75, 3.05) is 11.4 Å². The summed E-state index contributed by atoms with van der Waals surface area (Å²) in [5, 5.41) is 9.30. The third-order valence-electron chi connectivity index (χ3n) is 3.96. The number of carbonyl (C=O) groups is 1. The zero-order valence-corrected chi connectivity index (χ0v) is 11.8. The highest BCUT2D eigenvalue weighted by Gasteiger charge is 2.33. The second kappa shape index (κ2) is 5.20. The fraction of sp³-hybridized carbons (Fsp3) is 0.400. The number of carboxylic acids is 1. The number of aromatic nitrogens is 2. The molecular weight excluding hydrogens is 270 g/mol. The number of fused-ring (bicyclic) bond motifs is 1. The molecule has 1 unspecified atom stereocenters. The molecule has 0 spiro atoms. The van der Waals surface area contributed by atoms with E-state index in [0.29, 0.717) is 25.0 Å². The molecule has 2 aromatic rings. The number of rotatable bonds is 3. The van der Waals surface area contributed by atoms with Gasteiger partial charge in [0.15, 0.2) is 5.82 Å². The van der Waals surface area contributed by atoms with Crippen molar-refractivity contribution in [3.05, 3.63) is 34.6 Å². The molecule has 1 saturated heterocycles. The van der Waals surface area contributed by atoms with Crippen molar-refractivity contribution in [3.63, 3.8) is 0 Å². The van der Waals surface area contributed by atoms with Crippen molar-refractivity contribution in [2.24, 2.45) is 0 Å². The minimum Gasteiger partial charge on any atom is -0.480 e. The van der Waals surface area contributed by atoms with Crippen molar-refractivity contribution < 1.29 is 9.90 Å². The van der Waals surface area contributed by atoms with Gasteiger partial charge in [0.1, 0.15) is 6.04 Å². The molecule has 6 heteroatoms. The van der Waals surface area contributed by atoms with E-state index < -0.39 is 12.0 Å². The quantitative estimate of drug-likeness (QED) is 0.925. The molecule has 3 rings (SSSR count). The van der Waals surface area contributed by atoms with E-state index in [1.165, 1.54) is 0 Å². The molecule has 110 valence electrons. The van der Waals surface area contributed by atoms with Crippen LogP contribution in [-0.4, -0.2) is 33.2 Å². The molecule has 0 amide bonds. The first kappa shape index (κ1) is 13.6. The van der Waals surface area contributed by atoms with Crippen molar-refractivity contribution >= 4 is 22.8 Å². The highest BCUT2D eigenvalue weighted by atomic mass is 16.4. The second-order valence-electron chi connectivity index (χ2n) is 5.16. The number of carboxylic acid groups (broad SMARTS) is 1. The Bertz CT molecular complexity index is 753. The van der Waals surface area contributed by atoms with Crippen LogP contribution in [0.5, 0.6) is 0 Å². The van der Waals surface area contributed by atoms with Gasteiger partial charge in [-0.1, -0.05) is 12.1 Å². The van der Waals surface area contributed by atoms with Crippen molar-refractivity contribution in [2.45, 2.75) is 32.4 Å². The number of anilines is 1. The highest BCUT2D eigenvalue weighted by Crippen LogP contribution is 2.23. The van der Waals surface area contributed by atoms with Gasteiger partial charge in [0, 0.05) is 13.1 Å². The van der Waals surface area contributed by atoms with E-state index in [1.54, 1.807) is 9.47 Å². The summed E-state index contributed by atoms with van der Waals surface area (Å²) in [6, 6.07) is 6.77. The summed E-state index contributed by atoms with van der Waals surface area (Å²) < 4.78 is 1.65. The number of hydrogen-bond donors (Lipinski definition) is 1. The van der Waals surface area contributed by atoms with Crippen LogP contribution in [0, 0.1) is 0 Å². The Morgan fingerprint density at radius 2 is 2.19 bits per heavy atom. The van der Waals surface area contributed by atoms with Gasteiger partial charge in [-0.15, -0.1) is 0 Å². The predicted octanol–water partition coefficient (Wildman–Crippen LogP) is 1.47. The highest BCUT2D eigenvalue weighted by molar-refractivity contribution is 5.80. The predicted molar refractivity (Wildman–Crippen MR) is 79.7 cm³/mol. The summed E-state index contributed by atoms with van der Waals surface area (Å²) in [6.07, 6.45) is 1.31. The molecule has 1 aliphatic heterocycles. The number of benzene rings is 1. The molecule has 6 nitrogen and oxygen atoms in total. The zero-order valence-electron chi connectivity index (χ0n) is 11.8. The maximum Gasteiger partial charge on any atom is 0.326 e. The van der Waals surface area contributed by atoms with Crippen LogP contribution in [0.1, 0.15) is 19.8 Å². The molecule has 1 aliphatic rings. The summed E-state index contributed by atoms with van der Waals surface area (Å²) in [5.41, 5.74) is 1.27. The first-order valence-corrected chi connectivity index (χ1v) is 7.12. The molecule has 21 heavy (non-hydrogen) atoms. The smallest absolute Gasteiger partial charge is 0.326 e. The van der Waals surface area contributed by atoms with Gasteiger partial charge in [0.05, 0.1) is 11.0 Å². The van der Waals surface area contributed by atoms with Gasteiger partial charge in [-0.3, -0.25) is 4.79 Å². The molecule has 2 heterocycles. The summed E-state index contributed by atoms with van der Waals surface area (Å²) in [7, 11) is 0. The van der Waals surface area contributed by atoms with Gasteiger partial charge in [0.2, 0.25) is 0 Å². The molecule has 1 N–H and O–H groups in total. The van der Waals surface area contributed by atoms with E-state index in [2.05, 4.69) is 4.98 Å². The molecule has 0 radical (unpaired) electrons. The number of para-hydroxylation sites is 2. The molecule has 1 atom stereocenters. The van der Waals surface area contributed by atoms with Gasteiger partial charge in [-0.25, -0.2) is 9.78 Å². The molecule has 1 aromatic heterocycles. The lowest BCUT2D eigenvalue weighted by atomic mass is 10.2. The maximum atomic E-state index is 12.6. The summed E-state index contributed by atoms with van der Waals surface area (Å²) in [5.74, 6) is -0.648. The number of hydrogen-bond acceptors (Lipinski definition) is 4. The fourth-order valence-electron chi connectivity index (χ4n) is 2.96. The van der Waals surface area contributed by atoms with E-state index in [1.807, 2.05) is 31.2 Å². The lowest BCUT2D eigenvalue weighted by Crippen LogP contribution is -2.41. The maximum absolute atomic E-state index is 12.6. The van der Waals surface area contributed by atoms with E-state index in [0.717, 1.165) is 11.9 Å². The van der Waals surface area contributed by atoms with Crippen LogP contribution >= 0.6 is 0 Å². The van der Waals surface area contributed by atoms with Crippen LogP contribution in [0.25, 0.3) is 11.0 Å². The molecular formula is C15H17N3O3. The van der Waals surface area contributed by atoms with Crippen LogP contribution in [0.3, 0.4) is 0 Å². The normalized spacial score (nSPS) is 18.3. The third-order valence-corrected chi connectivity index (χ3v) is 3.96. The Balaban J connectivity index is 2.21. The Labute approximate surface area is 121 Å². The van der Waals surface area contributed by atoms with E-state index in [9.17, 15) is 14.7 Å². The van der Waals surface area contributed by atoms with Crippen molar-refractivity contribution in [1.29, 1.82) is 0 Å². The minimum absolute atomic E-state index is 0.218. The Morgan fingerprint density at radius 1 is 1.43 bits per heavy atom. The summed E-state index contributed by atoms with van der Waals surface area (Å²) in [6.45, 7) is 2.98. The largest absolute Gasteiger partial charge is 0.480 e. The Kier molecular flexibility index (Phi) is 3.37. The van der Waals surface area contributed by atoms with E-state index >= 15 is 0 Å². The molecule has 0 aliphatic carbocycles. The zero-order chi connectivity index (χ0) is 15.0. The molecule has 0 bridgehead atoms. The first-order chi connectivity index (χ1) is 10.1. The SMILES string of the molecule is CCn1c(=O)c(N2CCCC2C(=O)O)nc2ccccc21. The summed E-state index contributed by atoms with van der Waals surface area (Å²) in [4.78, 5) is 30.0. The average molecular weight is 287 g/mol. The van der Waals surface area contributed by atoms with Gasteiger partial charge < -0.3 is 14.6 Å². The first-order valence-electron chi connectivity index (χ1n) is 7.12. The number of aryl methyl sites for hydroxylation is 1. The Hall–Kier alpha value is -2.37. The van der Waals surface area contributed by atoms with Gasteiger partial charge in [-0.05, 0) is 31.9 Å². The van der Waals surface area contributed by atoms with E-state index in [4.69, 9.17) is 0 Å². The van der Waals surface area contributed by atoms with Crippen molar-refractivity contribution in [3.8, 4) is 0 Å². The average Bonchev–Trinajstić information content (AvgIpc) is 2.96. The van der Waals surface area contributed by atoms with E-state index in [-0.39, 0.29) is 11.4 Å². The lowest BCUT2D eigenvalue weighted by molar-refractivity contribution is -0.138. The second-order valence-corrected chi connectivity index (χ2v) is 5.16. The third kappa shape index (κ3) is 2.16. The summed E-state index contributed by atoms with van der Waals surface area (Å²) >= 11 is 0. The van der Waals surface area contributed by atoms with Crippen LogP contribution in [0.2, 0.25) is 0 Å². The lowest BCUT2D eigenvalue weighted by Gasteiger charge is -2.23. The van der Waals surface area contributed by atoms with Crippen LogP contribution in [0.15, 0.2) is 29.1 Å². The van der Waals surface area contributed by atoms with Gasteiger partial charge >= 0.3 is 5.97 Å². The Morgan fingerprint density at radius 3 is 2.90 bits per heavy atom. The minimum atomic E-state index is -0.898. The molecule has 1 aromatic carbocycles. The van der Waals surface area contributed by atoms with Crippen LogP contribution in [-0.2, 0) is 11.3 Å². The standard InChI is InChI=1S/C15H17N3O3/c1-2-17-11-7-4-3-6-10(11)16-13(14(17)19)18-9-5-8-12(18)15(20)21/h3-4,6-7,12H,2,5,8-9H2,1H3,(H,20,21). The topological polar surface area (TPSA) is 75.4 Å². The van der Waals surface area contributed by atoms with Gasteiger partial charge in [0.25, 0.3) is 5.56 Å². The monoisotopic (exact) mass is 287 g/mol. The fourth-order valence-corrected chi connectivity index (χ4v) is 2.96. The number of nitrogens with zero attached hydrogens (tertiary/aromatic N) is 3. The molecule has 0 saturated carbocycles. The van der Waals surface area contributed by atoms with Gasteiger partial charge in [-0.2, -0.15) is 0 Å². The van der Waals surface area contributed by atoms with Crippen LogP contribution in [0.4, 0.5) is 5.82 Å². The number of aliphatic carboxylic acids is 1. The molecule has 1 fully saturated rings. The van der Waals surface area contributed by atoms with Crippen molar-refractivity contribution in [1.82, 2.24) is 9.55 Å².